The van der Waals surface area contributed by atoms with Crippen molar-refractivity contribution >= 4 is 17.3 Å². The molecule has 3 N–H and O–H groups in total. The number of nitrogen functional groups attached to an aromatic ring is 1. The maximum Gasteiger partial charge on any atom is 0.224 e. The number of benzene rings is 2. The largest absolute Gasteiger partial charge is 0.497 e. The van der Waals surface area contributed by atoms with Crippen LogP contribution in [0.1, 0.15) is 25.3 Å². The Balaban J connectivity index is 1.87. The van der Waals surface area contributed by atoms with E-state index in [1.54, 1.807) is 25.3 Å². The van der Waals surface area contributed by atoms with Gasteiger partial charge in [-0.25, -0.2) is 0 Å². The maximum atomic E-state index is 12.1. The Kier molecular flexibility index (Phi) is 6.49. The molecule has 0 saturated heterocycles. The van der Waals surface area contributed by atoms with Gasteiger partial charge in [-0.1, -0.05) is 19.1 Å². The molecule has 24 heavy (non-hydrogen) atoms. The number of carbonyl (C=O) groups excluding carboxylic acids is 1. The standard InChI is InChI=1S/C19H24N2O3/c1-3-12-24-15-7-4-14(5-8-15)6-11-19(22)21-18-13-16(23-2)9-10-17(18)20/h4-5,7-10,13H,3,6,11-12,20H2,1-2H3,(H,21,22). The van der Waals surface area contributed by atoms with Crippen LogP contribution in [-0.2, 0) is 11.2 Å². The molecule has 0 aliphatic heterocycles. The SMILES string of the molecule is CCCOc1ccc(CCC(=O)Nc2cc(OC)ccc2N)cc1. The zero-order valence-electron chi connectivity index (χ0n) is 14.2. The van der Waals surface area contributed by atoms with Crippen LogP contribution in [0, 0.1) is 0 Å². The summed E-state index contributed by atoms with van der Waals surface area (Å²) >= 11 is 0. The topological polar surface area (TPSA) is 73.6 Å². The van der Waals surface area contributed by atoms with Gasteiger partial charge in [0.15, 0.2) is 0 Å². The summed E-state index contributed by atoms with van der Waals surface area (Å²) in [5.74, 6) is 1.43. The first-order valence-corrected chi connectivity index (χ1v) is 8.07. The van der Waals surface area contributed by atoms with Crippen LogP contribution >= 0.6 is 0 Å². The Bertz CT molecular complexity index is 669. The van der Waals surface area contributed by atoms with E-state index in [0.717, 1.165) is 17.7 Å². The van der Waals surface area contributed by atoms with Crippen molar-refractivity contribution in [1.82, 2.24) is 0 Å². The number of amides is 1. The predicted octanol–water partition coefficient (Wildman–Crippen LogP) is 3.64. The van der Waals surface area contributed by atoms with Crippen molar-refractivity contribution in [3.05, 3.63) is 48.0 Å². The molecule has 0 atom stereocenters. The van der Waals surface area contributed by atoms with Gasteiger partial charge in [0.2, 0.25) is 5.91 Å². The number of hydrogen-bond acceptors (Lipinski definition) is 4. The third-order valence-electron chi connectivity index (χ3n) is 3.57. The molecule has 2 aromatic carbocycles. The van der Waals surface area contributed by atoms with E-state index in [1.165, 1.54) is 0 Å². The van der Waals surface area contributed by atoms with Gasteiger partial charge in [0.05, 0.1) is 25.1 Å². The smallest absolute Gasteiger partial charge is 0.224 e. The first-order valence-electron chi connectivity index (χ1n) is 8.07. The molecule has 128 valence electrons. The Morgan fingerprint density at radius 3 is 2.50 bits per heavy atom. The third-order valence-corrected chi connectivity index (χ3v) is 3.57. The first kappa shape index (κ1) is 17.7. The van der Waals surface area contributed by atoms with Crippen LogP contribution in [-0.4, -0.2) is 19.6 Å². The van der Waals surface area contributed by atoms with Gasteiger partial charge in [-0.05, 0) is 42.7 Å². The Morgan fingerprint density at radius 2 is 1.83 bits per heavy atom. The average molecular weight is 328 g/mol. The molecule has 5 nitrogen and oxygen atoms in total. The van der Waals surface area contributed by atoms with Crippen molar-refractivity contribution < 1.29 is 14.3 Å². The summed E-state index contributed by atoms with van der Waals surface area (Å²) in [5.41, 5.74) is 8.05. The lowest BCUT2D eigenvalue weighted by Crippen LogP contribution is -2.13. The zero-order valence-corrected chi connectivity index (χ0v) is 14.2. The van der Waals surface area contributed by atoms with Crippen LogP contribution in [0.15, 0.2) is 42.5 Å². The predicted molar refractivity (Wildman–Crippen MR) is 96.6 cm³/mol. The fourth-order valence-electron chi connectivity index (χ4n) is 2.21. The molecule has 0 aromatic heterocycles. The highest BCUT2D eigenvalue weighted by molar-refractivity contribution is 5.94. The minimum absolute atomic E-state index is 0.0822. The number of nitrogens with two attached hydrogens (primary N) is 1. The molecule has 0 fully saturated rings. The number of methoxy groups -OCH3 is 1. The normalized spacial score (nSPS) is 10.2. The zero-order chi connectivity index (χ0) is 17.4. The Morgan fingerprint density at radius 1 is 1.12 bits per heavy atom. The van der Waals surface area contributed by atoms with Crippen molar-refractivity contribution in [2.24, 2.45) is 0 Å². The molecule has 0 aliphatic rings. The monoisotopic (exact) mass is 328 g/mol. The minimum Gasteiger partial charge on any atom is -0.497 e. The van der Waals surface area contributed by atoms with Gasteiger partial charge in [-0.2, -0.15) is 0 Å². The highest BCUT2D eigenvalue weighted by Gasteiger charge is 2.07. The molecule has 2 rings (SSSR count). The first-order chi connectivity index (χ1) is 11.6. The lowest BCUT2D eigenvalue weighted by molar-refractivity contribution is -0.116. The molecule has 5 heteroatoms. The lowest BCUT2D eigenvalue weighted by atomic mass is 10.1. The fraction of sp³-hybridized carbons (Fsp3) is 0.316. The third kappa shape index (κ3) is 5.19. The second-order valence-electron chi connectivity index (χ2n) is 5.49. The van der Waals surface area contributed by atoms with E-state index < -0.39 is 0 Å². The molecule has 0 heterocycles. The van der Waals surface area contributed by atoms with Crippen LogP contribution in [0.4, 0.5) is 11.4 Å². The number of anilines is 2. The second kappa shape index (κ2) is 8.82. The van der Waals surface area contributed by atoms with Gasteiger partial charge in [0.1, 0.15) is 11.5 Å². The van der Waals surface area contributed by atoms with E-state index in [2.05, 4.69) is 12.2 Å². The molecule has 1 amide bonds. The van der Waals surface area contributed by atoms with Crippen molar-refractivity contribution in [3.63, 3.8) is 0 Å². The van der Waals surface area contributed by atoms with Crippen LogP contribution in [0.3, 0.4) is 0 Å². The lowest BCUT2D eigenvalue weighted by Gasteiger charge is -2.10. The average Bonchev–Trinajstić information content (AvgIpc) is 2.61. The van der Waals surface area contributed by atoms with E-state index in [9.17, 15) is 4.79 Å². The quantitative estimate of drug-likeness (QED) is 0.726. The highest BCUT2D eigenvalue weighted by Crippen LogP contribution is 2.24. The number of aryl methyl sites for hydroxylation is 1. The minimum atomic E-state index is -0.0822. The van der Waals surface area contributed by atoms with E-state index in [-0.39, 0.29) is 5.91 Å². The van der Waals surface area contributed by atoms with Crippen LogP contribution in [0.5, 0.6) is 11.5 Å². The van der Waals surface area contributed by atoms with Crippen molar-refractivity contribution in [2.75, 3.05) is 24.8 Å². The Labute approximate surface area is 142 Å². The molecule has 0 saturated carbocycles. The molecular formula is C19H24N2O3. The summed E-state index contributed by atoms with van der Waals surface area (Å²) in [4.78, 5) is 12.1. The fourth-order valence-corrected chi connectivity index (χ4v) is 2.21. The molecular weight excluding hydrogens is 304 g/mol. The summed E-state index contributed by atoms with van der Waals surface area (Å²) < 4.78 is 10.7. The van der Waals surface area contributed by atoms with Crippen LogP contribution in [0.25, 0.3) is 0 Å². The van der Waals surface area contributed by atoms with Crippen molar-refractivity contribution in [2.45, 2.75) is 26.2 Å². The molecule has 0 bridgehead atoms. The van der Waals surface area contributed by atoms with E-state index in [1.807, 2.05) is 24.3 Å². The van der Waals surface area contributed by atoms with Gasteiger partial charge in [0.25, 0.3) is 0 Å². The van der Waals surface area contributed by atoms with Gasteiger partial charge >= 0.3 is 0 Å². The summed E-state index contributed by atoms with van der Waals surface area (Å²) in [6.45, 7) is 2.78. The molecule has 0 unspecified atom stereocenters. The Hall–Kier alpha value is -2.69. The van der Waals surface area contributed by atoms with Gasteiger partial charge in [0, 0.05) is 12.5 Å². The van der Waals surface area contributed by atoms with E-state index in [0.29, 0.717) is 36.6 Å². The molecule has 0 spiro atoms. The number of nitrogens with one attached hydrogen (secondary N) is 1. The molecule has 2 aromatic rings. The maximum absolute atomic E-state index is 12.1. The van der Waals surface area contributed by atoms with E-state index >= 15 is 0 Å². The van der Waals surface area contributed by atoms with Crippen molar-refractivity contribution in [1.29, 1.82) is 0 Å². The molecule has 0 aliphatic carbocycles. The number of hydrogen-bond donors (Lipinski definition) is 2. The summed E-state index contributed by atoms with van der Waals surface area (Å²) in [5, 5.41) is 2.83. The number of rotatable bonds is 8. The van der Waals surface area contributed by atoms with Crippen LogP contribution in [0.2, 0.25) is 0 Å². The van der Waals surface area contributed by atoms with Crippen LogP contribution < -0.4 is 20.5 Å². The van der Waals surface area contributed by atoms with Gasteiger partial charge in [-0.3, -0.25) is 4.79 Å². The van der Waals surface area contributed by atoms with Gasteiger partial charge < -0.3 is 20.5 Å². The highest BCUT2D eigenvalue weighted by atomic mass is 16.5. The molecule has 0 radical (unpaired) electrons. The van der Waals surface area contributed by atoms with Gasteiger partial charge in [-0.15, -0.1) is 0 Å². The van der Waals surface area contributed by atoms with E-state index in [4.69, 9.17) is 15.2 Å². The summed E-state index contributed by atoms with van der Waals surface area (Å²) in [7, 11) is 1.57. The second-order valence-corrected chi connectivity index (χ2v) is 5.49. The number of carbonyl (C=O) groups is 1. The van der Waals surface area contributed by atoms with Crippen molar-refractivity contribution in [3.8, 4) is 11.5 Å². The summed E-state index contributed by atoms with van der Waals surface area (Å²) in [6.07, 6.45) is 2.02. The summed E-state index contributed by atoms with van der Waals surface area (Å²) in [6, 6.07) is 13.0. The number of ether oxygens (including phenoxy) is 2.